The molecule has 7 nitrogen and oxygen atoms in total. The largest absolute Gasteiger partial charge is 0.465 e. The molecular weight excluding hydrogens is 471 g/mol. The van der Waals surface area contributed by atoms with Crippen molar-refractivity contribution in [2.24, 2.45) is 5.92 Å². The zero-order chi connectivity index (χ0) is 24.5. The molecule has 1 aromatic heterocycles. The first kappa shape index (κ1) is 23.7. The number of benzene rings is 2. The van der Waals surface area contributed by atoms with Crippen LogP contribution in [0.4, 0.5) is 13.2 Å². The summed E-state index contributed by atoms with van der Waals surface area (Å²) < 4.78 is 50.0. The fourth-order valence-electron chi connectivity index (χ4n) is 3.58. The fourth-order valence-corrected chi connectivity index (χ4v) is 4.28. The van der Waals surface area contributed by atoms with Crippen LogP contribution in [-0.4, -0.2) is 46.8 Å². The summed E-state index contributed by atoms with van der Waals surface area (Å²) in [5, 5.41) is 9.69. The lowest BCUT2D eigenvalue weighted by molar-refractivity contribution is -0.171. The van der Waals surface area contributed by atoms with Crippen molar-refractivity contribution in [1.29, 1.82) is 0 Å². The lowest BCUT2D eigenvalue weighted by Gasteiger charge is -2.20. The highest BCUT2D eigenvalue weighted by atomic mass is 32.1. The fraction of sp³-hybridized carbons (Fsp3) is 0.304. The second-order valence-corrected chi connectivity index (χ2v) is 8.97. The average molecular weight is 491 g/mol. The molecule has 2 aromatic carbocycles. The van der Waals surface area contributed by atoms with E-state index in [1.165, 1.54) is 30.6 Å². The minimum absolute atomic E-state index is 0.0790. The van der Waals surface area contributed by atoms with Crippen LogP contribution in [0.25, 0.3) is 10.6 Å². The Hall–Kier alpha value is -3.47. The molecule has 2 heterocycles. The van der Waals surface area contributed by atoms with Gasteiger partial charge in [0, 0.05) is 30.6 Å². The molecule has 3 aromatic rings. The predicted octanol–water partition coefficient (Wildman–Crippen LogP) is 5.00. The van der Waals surface area contributed by atoms with Crippen LogP contribution in [0, 0.1) is 12.8 Å². The highest BCUT2D eigenvalue weighted by Crippen LogP contribution is 2.36. The standard InChI is InChI=1S/C23H20F3N3O4S/c1-13-27-28-21(34-13)14-5-7-18(8-6-14)33-19-9-15(22(31)32-2)3-4-16(19)11-29-12-17(10-20(29)30)23(24,25)26/h3-9,17H,10-12H2,1-2H3. The Morgan fingerprint density at radius 2 is 1.91 bits per heavy atom. The van der Waals surface area contributed by atoms with Crippen LogP contribution in [0.5, 0.6) is 11.5 Å². The Morgan fingerprint density at radius 1 is 1.18 bits per heavy atom. The van der Waals surface area contributed by atoms with Crippen molar-refractivity contribution in [1.82, 2.24) is 15.1 Å². The summed E-state index contributed by atoms with van der Waals surface area (Å²) in [4.78, 5) is 25.4. The van der Waals surface area contributed by atoms with Gasteiger partial charge < -0.3 is 14.4 Å². The van der Waals surface area contributed by atoms with E-state index in [1.54, 1.807) is 30.3 Å². The number of methoxy groups -OCH3 is 1. The van der Waals surface area contributed by atoms with Crippen molar-refractivity contribution >= 4 is 23.2 Å². The second-order valence-electron chi connectivity index (χ2n) is 7.78. The molecule has 1 atom stereocenters. The maximum absolute atomic E-state index is 13.1. The quantitative estimate of drug-likeness (QED) is 0.452. The number of alkyl halides is 3. The highest BCUT2D eigenvalue weighted by Gasteiger charge is 2.47. The van der Waals surface area contributed by atoms with Gasteiger partial charge >= 0.3 is 12.1 Å². The summed E-state index contributed by atoms with van der Waals surface area (Å²) in [5.41, 5.74) is 1.53. The Labute approximate surface area is 197 Å². The number of hydrogen-bond donors (Lipinski definition) is 0. The zero-order valence-corrected chi connectivity index (χ0v) is 19.1. The molecule has 0 N–H and O–H groups in total. The summed E-state index contributed by atoms with van der Waals surface area (Å²) in [6, 6.07) is 11.5. The molecule has 1 unspecified atom stereocenters. The lowest BCUT2D eigenvalue weighted by Crippen LogP contribution is -2.28. The van der Waals surface area contributed by atoms with Gasteiger partial charge in [-0.15, -0.1) is 10.2 Å². The van der Waals surface area contributed by atoms with Gasteiger partial charge in [-0.3, -0.25) is 4.79 Å². The topological polar surface area (TPSA) is 81.6 Å². The van der Waals surface area contributed by atoms with Crippen molar-refractivity contribution in [3.63, 3.8) is 0 Å². The number of carbonyl (C=O) groups excluding carboxylic acids is 2. The summed E-state index contributed by atoms with van der Waals surface area (Å²) in [7, 11) is 1.24. The Bertz CT molecular complexity index is 1210. The molecule has 11 heteroatoms. The summed E-state index contributed by atoms with van der Waals surface area (Å²) in [5.74, 6) is -2.19. The van der Waals surface area contributed by atoms with E-state index in [-0.39, 0.29) is 17.9 Å². The van der Waals surface area contributed by atoms with Gasteiger partial charge in [-0.05, 0) is 43.3 Å². The normalized spacial score (nSPS) is 16.1. The van der Waals surface area contributed by atoms with Crippen molar-refractivity contribution in [3.05, 3.63) is 58.6 Å². The van der Waals surface area contributed by atoms with Gasteiger partial charge in [-0.25, -0.2) is 4.79 Å². The van der Waals surface area contributed by atoms with E-state index in [2.05, 4.69) is 10.2 Å². The number of hydrogen-bond acceptors (Lipinski definition) is 7. The van der Waals surface area contributed by atoms with E-state index in [0.29, 0.717) is 11.3 Å². The minimum Gasteiger partial charge on any atom is -0.465 e. The first-order valence-corrected chi connectivity index (χ1v) is 11.1. The Morgan fingerprint density at radius 3 is 2.50 bits per heavy atom. The Kier molecular flexibility index (Phi) is 6.56. The SMILES string of the molecule is COC(=O)c1ccc(CN2CC(C(F)(F)F)CC2=O)c(Oc2ccc(-c3nnc(C)s3)cc2)c1. The molecule has 0 spiro atoms. The van der Waals surface area contributed by atoms with Gasteiger partial charge in [0.05, 0.1) is 18.6 Å². The molecule has 1 fully saturated rings. The van der Waals surface area contributed by atoms with E-state index in [9.17, 15) is 22.8 Å². The molecule has 0 saturated carbocycles. The molecule has 1 aliphatic heterocycles. The number of likely N-dealkylation sites (tertiary alicyclic amines) is 1. The van der Waals surface area contributed by atoms with Gasteiger partial charge in [-0.1, -0.05) is 17.4 Å². The summed E-state index contributed by atoms with van der Waals surface area (Å²) in [6.07, 6.45) is -5.02. The molecule has 0 aliphatic carbocycles. The monoisotopic (exact) mass is 491 g/mol. The average Bonchev–Trinajstić information content (AvgIpc) is 3.40. The first-order chi connectivity index (χ1) is 16.1. The van der Waals surface area contributed by atoms with Gasteiger partial charge in [0.2, 0.25) is 5.91 Å². The molecule has 1 amide bonds. The summed E-state index contributed by atoms with van der Waals surface area (Å²) >= 11 is 1.45. The van der Waals surface area contributed by atoms with Crippen molar-refractivity contribution in [2.75, 3.05) is 13.7 Å². The van der Waals surface area contributed by atoms with Crippen LogP contribution in [0.3, 0.4) is 0 Å². The third-order valence-electron chi connectivity index (χ3n) is 5.38. The predicted molar refractivity (Wildman–Crippen MR) is 118 cm³/mol. The first-order valence-electron chi connectivity index (χ1n) is 10.3. The van der Waals surface area contributed by atoms with Crippen LogP contribution in [0.1, 0.15) is 27.3 Å². The number of carbonyl (C=O) groups is 2. The van der Waals surface area contributed by atoms with Crippen LogP contribution in [0.2, 0.25) is 0 Å². The second kappa shape index (κ2) is 9.41. The maximum Gasteiger partial charge on any atom is 0.394 e. The number of esters is 1. The van der Waals surface area contributed by atoms with E-state index in [0.717, 1.165) is 20.5 Å². The summed E-state index contributed by atoms with van der Waals surface area (Å²) in [6.45, 7) is 1.36. The van der Waals surface area contributed by atoms with E-state index in [1.807, 2.05) is 6.92 Å². The van der Waals surface area contributed by atoms with Crippen molar-refractivity contribution in [3.8, 4) is 22.1 Å². The van der Waals surface area contributed by atoms with Crippen LogP contribution < -0.4 is 4.74 Å². The number of halogens is 3. The van der Waals surface area contributed by atoms with Gasteiger partial charge in [0.1, 0.15) is 21.5 Å². The molecular formula is C23H20F3N3O4S. The van der Waals surface area contributed by atoms with Gasteiger partial charge in [0.15, 0.2) is 0 Å². The van der Waals surface area contributed by atoms with Crippen LogP contribution in [-0.2, 0) is 16.1 Å². The number of rotatable bonds is 6. The number of amides is 1. The molecule has 0 radical (unpaired) electrons. The maximum atomic E-state index is 13.1. The molecule has 1 saturated heterocycles. The highest BCUT2D eigenvalue weighted by molar-refractivity contribution is 7.14. The van der Waals surface area contributed by atoms with Crippen LogP contribution in [0.15, 0.2) is 42.5 Å². The number of aryl methyl sites for hydroxylation is 1. The molecule has 1 aliphatic rings. The minimum atomic E-state index is -4.44. The smallest absolute Gasteiger partial charge is 0.394 e. The van der Waals surface area contributed by atoms with Crippen molar-refractivity contribution in [2.45, 2.75) is 26.1 Å². The van der Waals surface area contributed by atoms with Crippen LogP contribution >= 0.6 is 11.3 Å². The van der Waals surface area contributed by atoms with Gasteiger partial charge in [-0.2, -0.15) is 13.2 Å². The lowest BCUT2D eigenvalue weighted by atomic mass is 10.1. The molecule has 178 valence electrons. The zero-order valence-electron chi connectivity index (χ0n) is 18.3. The van der Waals surface area contributed by atoms with E-state index < -0.39 is 36.9 Å². The molecule has 34 heavy (non-hydrogen) atoms. The number of nitrogens with zero attached hydrogens (tertiary/aromatic N) is 3. The Balaban J connectivity index is 1.59. The van der Waals surface area contributed by atoms with E-state index in [4.69, 9.17) is 9.47 Å². The molecule has 0 bridgehead atoms. The van der Waals surface area contributed by atoms with Gasteiger partial charge in [0.25, 0.3) is 0 Å². The molecule has 4 rings (SSSR count). The van der Waals surface area contributed by atoms with Crippen molar-refractivity contribution < 1.29 is 32.2 Å². The number of ether oxygens (including phenoxy) is 2. The third-order valence-corrected chi connectivity index (χ3v) is 6.27. The van der Waals surface area contributed by atoms with E-state index >= 15 is 0 Å². The number of aromatic nitrogens is 2. The third kappa shape index (κ3) is 5.19.